The highest BCUT2D eigenvalue weighted by atomic mass is 16.5. The maximum atomic E-state index is 11.5. The molecule has 0 saturated heterocycles. The highest BCUT2D eigenvalue weighted by molar-refractivity contribution is 6.05. The summed E-state index contributed by atoms with van der Waals surface area (Å²) in [6.07, 6.45) is 2.52. The lowest BCUT2D eigenvalue weighted by molar-refractivity contribution is -0.130. The number of hydrogen-bond donors (Lipinski definition) is 1. The van der Waals surface area contributed by atoms with Crippen molar-refractivity contribution in [2.75, 3.05) is 5.32 Å². The average molecular weight is 284 g/mol. The number of anilines is 1. The van der Waals surface area contributed by atoms with E-state index < -0.39 is 5.41 Å². The van der Waals surface area contributed by atoms with Gasteiger partial charge < -0.3 is 4.52 Å². The van der Waals surface area contributed by atoms with E-state index in [1.165, 1.54) is 18.7 Å². The molecule has 1 aromatic heterocycles. The number of rotatable bonds is 3. The van der Waals surface area contributed by atoms with Crippen LogP contribution < -0.4 is 5.32 Å². The number of nitrogens with zero attached hydrogens (tertiary/aromatic N) is 1. The molecular formula is C15H28N2O3. The smallest absolute Gasteiger partial charge is 0.234 e. The van der Waals surface area contributed by atoms with E-state index in [-0.39, 0.29) is 24.0 Å². The summed E-state index contributed by atoms with van der Waals surface area (Å²) in [5, 5.41) is 5.86. The largest absolute Gasteiger partial charge is 0.338 e. The highest BCUT2D eigenvalue weighted by Gasteiger charge is 2.23. The van der Waals surface area contributed by atoms with Gasteiger partial charge in [0.2, 0.25) is 11.8 Å². The van der Waals surface area contributed by atoms with Gasteiger partial charge in [-0.25, -0.2) is 0 Å². The molecule has 0 saturated carbocycles. The molecule has 0 bridgehead atoms. The van der Waals surface area contributed by atoms with Crippen molar-refractivity contribution in [2.45, 2.75) is 61.3 Å². The number of amides is 1. The lowest BCUT2D eigenvalue weighted by Gasteiger charge is -2.15. The van der Waals surface area contributed by atoms with E-state index in [1.54, 1.807) is 20.8 Å². The van der Waals surface area contributed by atoms with Crippen LogP contribution in [0.1, 0.15) is 61.3 Å². The van der Waals surface area contributed by atoms with Gasteiger partial charge in [0.05, 0.1) is 12.6 Å². The van der Waals surface area contributed by atoms with Gasteiger partial charge in [0.1, 0.15) is 5.78 Å². The van der Waals surface area contributed by atoms with Crippen LogP contribution >= 0.6 is 0 Å². The molecule has 0 unspecified atom stereocenters. The maximum Gasteiger partial charge on any atom is 0.234 e. The molecule has 0 aliphatic heterocycles. The number of aromatic nitrogens is 1. The number of carbonyl (C=O) groups is 2. The SMILES string of the molecule is CC.CC(C)(C)C(=O)CC(=O)Nc1ccno1.CCC. The van der Waals surface area contributed by atoms with Crippen molar-refractivity contribution in [3.63, 3.8) is 0 Å². The minimum atomic E-state index is -0.501. The molecule has 1 rings (SSSR count). The van der Waals surface area contributed by atoms with Crippen molar-refractivity contribution in [3.05, 3.63) is 12.3 Å². The molecule has 0 aliphatic carbocycles. The zero-order valence-corrected chi connectivity index (χ0v) is 13.7. The third-order valence-corrected chi connectivity index (χ3v) is 1.86. The zero-order valence-electron chi connectivity index (χ0n) is 13.7. The van der Waals surface area contributed by atoms with Gasteiger partial charge >= 0.3 is 0 Å². The first-order valence-corrected chi connectivity index (χ1v) is 7.05. The van der Waals surface area contributed by atoms with Crippen molar-refractivity contribution in [1.82, 2.24) is 5.16 Å². The fourth-order valence-electron chi connectivity index (χ4n) is 0.873. The van der Waals surface area contributed by atoms with Crippen LogP contribution in [0.4, 0.5) is 5.88 Å². The summed E-state index contributed by atoms with van der Waals surface area (Å²) in [6, 6.07) is 1.51. The van der Waals surface area contributed by atoms with Crippen molar-refractivity contribution < 1.29 is 14.1 Å². The first-order valence-electron chi connectivity index (χ1n) is 7.05. The molecule has 1 amide bonds. The summed E-state index contributed by atoms with van der Waals surface area (Å²) in [6.45, 7) is 13.6. The summed E-state index contributed by atoms with van der Waals surface area (Å²) in [5.74, 6) is -0.243. The van der Waals surface area contributed by atoms with Crippen LogP contribution in [0.15, 0.2) is 16.8 Å². The van der Waals surface area contributed by atoms with E-state index in [4.69, 9.17) is 0 Å². The van der Waals surface area contributed by atoms with Gasteiger partial charge in [-0.05, 0) is 0 Å². The van der Waals surface area contributed by atoms with Gasteiger partial charge in [-0.2, -0.15) is 0 Å². The predicted molar refractivity (Wildman–Crippen MR) is 81.5 cm³/mol. The fraction of sp³-hybridized carbons (Fsp3) is 0.667. The van der Waals surface area contributed by atoms with Crippen LogP contribution in [0.5, 0.6) is 0 Å². The first kappa shape index (κ1) is 20.7. The standard InChI is InChI=1S/C10H14N2O3.C3H8.C2H6/c1-10(2,3)7(13)6-8(14)12-9-4-5-11-15-9;1-3-2;1-2/h4-5H,6H2,1-3H3,(H,12,14);3H2,1-2H3;1-2H3. The summed E-state index contributed by atoms with van der Waals surface area (Å²) < 4.78 is 4.68. The Morgan fingerprint density at radius 3 is 2.10 bits per heavy atom. The van der Waals surface area contributed by atoms with Crippen molar-refractivity contribution in [1.29, 1.82) is 0 Å². The Hall–Kier alpha value is -1.65. The second kappa shape index (κ2) is 11.2. The molecule has 0 radical (unpaired) electrons. The van der Waals surface area contributed by atoms with E-state index in [9.17, 15) is 9.59 Å². The Morgan fingerprint density at radius 1 is 1.25 bits per heavy atom. The maximum absolute atomic E-state index is 11.5. The Kier molecular flexibility index (Phi) is 11.6. The molecule has 1 heterocycles. The number of hydrogen-bond acceptors (Lipinski definition) is 4. The number of carbonyl (C=O) groups excluding carboxylic acids is 2. The number of ketones is 1. The third kappa shape index (κ3) is 10.3. The topological polar surface area (TPSA) is 72.2 Å². The molecular weight excluding hydrogens is 256 g/mol. The van der Waals surface area contributed by atoms with Crippen LogP contribution in [0.25, 0.3) is 0 Å². The van der Waals surface area contributed by atoms with Crippen molar-refractivity contribution in [2.24, 2.45) is 5.41 Å². The monoisotopic (exact) mass is 284 g/mol. The van der Waals surface area contributed by atoms with Gasteiger partial charge in [-0.1, -0.05) is 60.0 Å². The quantitative estimate of drug-likeness (QED) is 0.849. The van der Waals surface area contributed by atoms with Gasteiger partial charge in [0, 0.05) is 11.5 Å². The third-order valence-electron chi connectivity index (χ3n) is 1.86. The Labute approximate surface area is 122 Å². The minimum Gasteiger partial charge on any atom is -0.338 e. The van der Waals surface area contributed by atoms with Crippen LogP contribution in [-0.4, -0.2) is 16.8 Å². The van der Waals surface area contributed by atoms with Gasteiger partial charge in [0.15, 0.2) is 0 Å². The van der Waals surface area contributed by atoms with Crippen molar-refractivity contribution >= 4 is 17.6 Å². The fourth-order valence-corrected chi connectivity index (χ4v) is 0.873. The number of Topliss-reactive ketones (excluding diaryl/α,β-unsaturated/α-hetero) is 1. The molecule has 0 fully saturated rings. The molecule has 5 heteroatoms. The summed E-state index contributed by atoms with van der Waals surface area (Å²) in [4.78, 5) is 22.8. The second-order valence-corrected chi connectivity index (χ2v) is 4.98. The Balaban J connectivity index is 0. The van der Waals surface area contributed by atoms with Crippen LogP contribution in [0, 0.1) is 5.41 Å². The number of nitrogens with one attached hydrogen (secondary N) is 1. The van der Waals surface area contributed by atoms with E-state index >= 15 is 0 Å². The van der Waals surface area contributed by atoms with Gasteiger partial charge in [-0.3, -0.25) is 14.9 Å². The molecule has 5 nitrogen and oxygen atoms in total. The lowest BCUT2D eigenvalue weighted by Crippen LogP contribution is -2.25. The van der Waals surface area contributed by atoms with E-state index in [1.807, 2.05) is 13.8 Å². The summed E-state index contributed by atoms with van der Waals surface area (Å²) in [7, 11) is 0. The zero-order chi connectivity index (χ0) is 16.2. The Morgan fingerprint density at radius 2 is 1.75 bits per heavy atom. The Bertz CT molecular complexity index is 365. The molecule has 0 spiro atoms. The normalized spacial score (nSPS) is 9.55. The van der Waals surface area contributed by atoms with Gasteiger partial charge in [-0.15, -0.1) is 0 Å². The molecule has 1 aromatic rings. The van der Waals surface area contributed by atoms with Crippen LogP contribution in [0.3, 0.4) is 0 Å². The summed E-state index contributed by atoms with van der Waals surface area (Å²) >= 11 is 0. The van der Waals surface area contributed by atoms with Crippen LogP contribution in [-0.2, 0) is 9.59 Å². The molecule has 0 aromatic carbocycles. The molecule has 116 valence electrons. The summed E-state index contributed by atoms with van der Waals surface area (Å²) in [5.41, 5.74) is -0.501. The second-order valence-electron chi connectivity index (χ2n) is 4.98. The van der Waals surface area contributed by atoms with Gasteiger partial charge in [0.25, 0.3) is 0 Å². The predicted octanol–water partition coefficient (Wildman–Crippen LogP) is 4.06. The van der Waals surface area contributed by atoms with E-state index in [0.29, 0.717) is 0 Å². The molecule has 20 heavy (non-hydrogen) atoms. The van der Waals surface area contributed by atoms with E-state index in [0.717, 1.165) is 0 Å². The van der Waals surface area contributed by atoms with Crippen LogP contribution in [0.2, 0.25) is 0 Å². The molecule has 0 atom stereocenters. The molecule has 0 aliphatic rings. The average Bonchev–Trinajstić information content (AvgIpc) is 2.84. The minimum absolute atomic E-state index is 0.112. The lowest BCUT2D eigenvalue weighted by atomic mass is 9.89. The van der Waals surface area contributed by atoms with E-state index in [2.05, 4.69) is 28.8 Å². The first-order chi connectivity index (χ1) is 9.31. The highest BCUT2D eigenvalue weighted by Crippen LogP contribution is 2.17. The van der Waals surface area contributed by atoms with Crippen molar-refractivity contribution in [3.8, 4) is 0 Å². The molecule has 1 N–H and O–H groups in total.